The van der Waals surface area contributed by atoms with Crippen LogP contribution in [0, 0.1) is 0 Å². The monoisotopic (exact) mass is 423 g/mol. The first kappa shape index (κ1) is 22.0. The van der Waals surface area contributed by atoms with E-state index in [4.69, 9.17) is 0 Å². The molecule has 2 aromatic rings. The number of fused-ring (bicyclic) bond motifs is 2. The van der Waals surface area contributed by atoms with E-state index in [0.717, 1.165) is 54.6 Å². The van der Waals surface area contributed by atoms with E-state index >= 15 is 0 Å². The Balaban J connectivity index is 0.00000240. The second kappa shape index (κ2) is 8.98. The normalized spacial score (nSPS) is 17.4. The third kappa shape index (κ3) is 4.90. The first-order chi connectivity index (χ1) is 13.4. The SMILES string of the molecule is C.CN1CCN(CCCN2c3ccccc3Sc3ccc(C(F)(F)F)cc32)CC1. The van der Waals surface area contributed by atoms with E-state index in [9.17, 15) is 13.2 Å². The van der Waals surface area contributed by atoms with Crippen molar-refractivity contribution in [2.24, 2.45) is 0 Å². The lowest BCUT2D eigenvalue weighted by Crippen LogP contribution is -2.45. The molecule has 2 aromatic carbocycles. The average Bonchev–Trinajstić information content (AvgIpc) is 2.68. The number of rotatable bonds is 4. The molecule has 29 heavy (non-hydrogen) atoms. The molecule has 1 saturated heterocycles. The Hall–Kier alpha value is -1.70. The molecule has 0 saturated carbocycles. The summed E-state index contributed by atoms with van der Waals surface area (Å²) in [4.78, 5) is 8.80. The van der Waals surface area contributed by atoms with Gasteiger partial charge in [0.05, 0.1) is 16.9 Å². The highest BCUT2D eigenvalue weighted by Crippen LogP contribution is 2.49. The molecule has 0 spiro atoms. The van der Waals surface area contributed by atoms with Crippen molar-refractivity contribution >= 4 is 23.1 Å². The van der Waals surface area contributed by atoms with Gasteiger partial charge in [0, 0.05) is 42.5 Å². The number of piperazine rings is 1. The molecule has 0 radical (unpaired) electrons. The average molecular weight is 424 g/mol. The van der Waals surface area contributed by atoms with Crippen molar-refractivity contribution in [1.82, 2.24) is 9.80 Å². The van der Waals surface area contributed by atoms with Crippen LogP contribution < -0.4 is 4.90 Å². The smallest absolute Gasteiger partial charge is 0.340 e. The van der Waals surface area contributed by atoms with Crippen molar-refractivity contribution in [2.75, 3.05) is 51.2 Å². The molecule has 3 nitrogen and oxygen atoms in total. The van der Waals surface area contributed by atoms with Crippen molar-refractivity contribution in [1.29, 1.82) is 0 Å². The maximum atomic E-state index is 13.3. The number of nitrogens with zero attached hydrogens (tertiary/aromatic N) is 3. The van der Waals surface area contributed by atoms with Crippen LogP contribution in [0.4, 0.5) is 24.5 Å². The summed E-state index contributed by atoms with van der Waals surface area (Å²) in [7, 11) is 2.13. The number of halogens is 3. The van der Waals surface area contributed by atoms with Crippen LogP contribution >= 0.6 is 11.8 Å². The highest BCUT2D eigenvalue weighted by atomic mass is 32.2. The summed E-state index contributed by atoms with van der Waals surface area (Å²) in [6.07, 6.45) is -3.42. The standard InChI is InChI=1S/C21H24F3N3S.CH4/c1-25-11-13-26(14-12-25)9-4-10-27-17-5-2-3-6-19(17)28-20-8-7-16(15-18(20)27)21(22,23)24;/h2-3,5-8,15H,4,9-14H2,1H3;1H4. The van der Waals surface area contributed by atoms with E-state index < -0.39 is 11.7 Å². The van der Waals surface area contributed by atoms with E-state index in [1.165, 1.54) is 12.1 Å². The number of alkyl halides is 3. The molecule has 2 aliphatic rings. The van der Waals surface area contributed by atoms with E-state index in [0.29, 0.717) is 12.2 Å². The lowest BCUT2D eigenvalue weighted by atomic mass is 10.1. The van der Waals surface area contributed by atoms with E-state index in [-0.39, 0.29) is 7.43 Å². The highest BCUT2D eigenvalue weighted by Gasteiger charge is 2.33. The first-order valence-electron chi connectivity index (χ1n) is 9.58. The van der Waals surface area contributed by atoms with Gasteiger partial charge in [-0.25, -0.2) is 0 Å². The van der Waals surface area contributed by atoms with Crippen LogP contribution in [0.2, 0.25) is 0 Å². The van der Waals surface area contributed by atoms with Gasteiger partial charge < -0.3 is 14.7 Å². The van der Waals surface area contributed by atoms with Gasteiger partial charge in [0.15, 0.2) is 0 Å². The van der Waals surface area contributed by atoms with Crippen molar-refractivity contribution in [2.45, 2.75) is 29.8 Å². The third-order valence-corrected chi connectivity index (χ3v) is 6.54. The van der Waals surface area contributed by atoms with Gasteiger partial charge in [-0.2, -0.15) is 13.2 Å². The van der Waals surface area contributed by atoms with Crippen molar-refractivity contribution in [3.8, 4) is 0 Å². The predicted molar refractivity (Wildman–Crippen MR) is 114 cm³/mol. The zero-order valence-electron chi connectivity index (χ0n) is 15.9. The van der Waals surface area contributed by atoms with Crippen LogP contribution in [0.3, 0.4) is 0 Å². The number of anilines is 2. The second-order valence-corrected chi connectivity index (χ2v) is 8.48. The molecule has 0 bridgehead atoms. The lowest BCUT2D eigenvalue weighted by molar-refractivity contribution is -0.137. The van der Waals surface area contributed by atoms with Gasteiger partial charge in [-0.3, -0.25) is 0 Å². The van der Waals surface area contributed by atoms with E-state index in [1.54, 1.807) is 17.8 Å². The zero-order valence-corrected chi connectivity index (χ0v) is 16.7. The fourth-order valence-electron chi connectivity index (χ4n) is 3.77. The highest BCUT2D eigenvalue weighted by molar-refractivity contribution is 7.99. The molecule has 0 atom stereocenters. The van der Waals surface area contributed by atoms with Crippen molar-refractivity contribution in [3.63, 3.8) is 0 Å². The Kier molecular flexibility index (Phi) is 6.81. The maximum Gasteiger partial charge on any atom is 0.416 e. The van der Waals surface area contributed by atoms with Crippen molar-refractivity contribution in [3.05, 3.63) is 48.0 Å². The van der Waals surface area contributed by atoms with E-state index in [2.05, 4.69) is 21.7 Å². The predicted octanol–water partition coefficient (Wildman–Crippen LogP) is 5.58. The third-order valence-electron chi connectivity index (χ3n) is 5.40. The Morgan fingerprint density at radius 3 is 2.31 bits per heavy atom. The molecular weight excluding hydrogens is 395 g/mol. The number of para-hydroxylation sites is 1. The minimum absolute atomic E-state index is 0. The number of benzene rings is 2. The number of likely N-dealkylation sites (N-methyl/N-ethyl adjacent to an activating group) is 1. The first-order valence-corrected chi connectivity index (χ1v) is 10.4. The minimum atomic E-state index is -4.33. The largest absolute Gasteiger partial charge is 0.416 e. The fraction of sp³-hybridized carbons (Fsp3) is 0.455. The molecule has 0 amide bonds. The quantitative estimate of drug-likeness (QED) is 0.635. The van der Waals surface area contributed by atoms with Gasteiger partial charge in [0.25, 0.3) is 0 Å². The maximum absolute atomic E-state index is 13.3. The van der Waals surface area contributed by atoms with Gasteiger partial charge >= 0.3 is 6.18 Å². The Morgan fingerprint density at radius 1 is 0.897 bits per heavy atom. The summed E-state index contributed by atoms with van der Waals surface area (Å²) in [6, 6.07) is 12.0. The topological polar surface area (TPSA) is 9.72 Å². The van der Waals surface area contributed by atoms with Gasteiger partial charge in [-0.15, -0.1) is 0 Å². The minimum Gasteiger partial charge on any atom is -0.340 e. The Morgan fingerprint density at radius 2 is 1.59 bits per heavy atom. The van der Waals surface area contributed by atoms with Crippen LogP contribution in [-0.4, -0.2) is 56.1 Å². The molecule has 2 heterocycles. The number of hydrogen-bond acceptors (Lipinski definition) is 4. The Bertz CT molecular complexity index is 832. The second-order valence-electron chi connectivity index (χ2n) is 7.40. The Labute approximate surface area is 175 Å². The van der Waals surface area contributed by atoms with Crippen LogP contribution in [0.15, 0.2) is 52.3 Å². The molecular formula is C22H28F3N3S. The molecule has 0 aliphatic carbocycles. The van der Waals surface area contributed by atoms with Gasteiger partial charge in [-0.05, 0) is 50.3 Å². The molecule has 1 fully saturated rings. The molecule has 7 heteroatoms. The summed E-state index contributed by atoms with van der Waals surface area (Å²) < 4.78 is 39.8. The summed E-state index contributed by atoms with van der Waals surface area (Å²) in [5.41, 5.74) is 1.07. The van der Waals surface area contributed by atoms with E-state index in [1.807, 2.05) is 24.3 Å². The molecule has 0 unspecified atom stereocenters. The van der Waals surface area contributed by atoms with Crippen molar-refractivity contribution < 1.29 is 13.2 Å². The van der Waals surface area contributed by atoms with Crippen LogP contribution in [-0.2, 0) is 6.18 Å². The summed E-state index contributed by atoms with van der Waals surface area (Å²) in [6.45, 7) is 5.92. The molecule has 158 valence electrons. The fourth-order valence-corrected chi connectivity index (χ4v) is 4.85. The lowest BCUT2D eigenvalue weighted by Gasteiger charge is -2.35. The van der Waals surface area contributed by atoms with Crippen LogP contribution in [0.5, 0.6) is 0 Å². The van der Waals surface area contributed by atoms with Gasteiger partial charge in [0.2, 0.25) is 0 Å². The summed E-state index contributed by atoms with van der Waals surface area (Å²) in [5.74, 6) is 0. The summed E-state index contributed by atoms with van der Waals surface area (Å²) >= 11 is 1.54. The summed E-state index contributed by atoms with van der Waals surface area (Å²) in [5, 5.41) is 0. The van der Waals surface area contributed by atoms with Gasteiger partial charge in [-0.1, -0.05) is 31.3 Å². The molecule has 2 aliphatic heterocycles. The molecule has 0 N–H and O–H groups in total. The molecule has 0 aromatic heterocycles. The molecule has 4 rings (SSSR count). The zero-order chi connectivity index (χ0) is 19.7. The van der Waals surface area contributed by atoms with Crippen LogP contribution in [0.1, 0.15) is 19.4 Å². The van der Waals surface area contributed by atoms with Gasteiger partial charge in [0.1, 0.15) is 0 Å². The van der Waals surface area contributed by atoms with Crippen LogP contribution in [0.25, 0.3) is 0 Å². The number of hydrogen-bond donors (Lipinski definition) is 0.